The van der Waals surface area contributed by atoms with Crippen LogP contribution >= 0.6 is 0 Å². The van der Waals surface area contributed by atoms with Crippen molar-refractivity contribution < 1.29 is 23.3 Å². The largest absolute Gasteiger partial charge is 0.456 e. The Balaban J connectivity index is 0. The Hall–Kier alpha value is -1.66. The highest BCUT2D eigenvalue weighted by molar-refractivity contribution is 5.87. The Bertz CT molecular complexity index is 416. The molecule has 1 amide bonds. The molecule has 0 aromatic heterocycles. The molecule has 0 spiro atoms. The summed E-state index contributed by atoms with van der Waals surface area (Å²) in [6, 6.07) is 0. The summed E-state index contributed by atoms with van der Waals surface area (Å²) in [5.41, 5.74) is 0.455. The zero-order valence-electron chi connectivity index (χ0n) is 16.6. The molecule has 0 rings (SSSR count). The summed E-state index contributed by atoms with van der Waals surface area (Å²) in [6.07, 6.45) is 2.30. The van der Waals surface area contributed by atoms with Gasteiger partial charge < -0.3 is 19.0 Å². The van der Waals surface area contributed by atoms with Gasteiger partial charge in [0.1, 0.15) is 13.2 Å². The van der Waals surface area contributed by atoms with E-state index in [2.05, 4.69) is 60.8 Å². The number of hydrogen-bond donors (Lipinski definition) is 1. The van der Waals surface area contributed by atoms with Crippen molar-refractivity contribution >= 4 is 11.9 Å². The third-order valence-electron chi connectivity index (χ3n) is 2.83. The fourth-order valence-corrected chi connectivity index (χ4v) is 1.37. The normalized spacial score (nSPS) is 11.0. The third-order valence-corrected chi connectivity index (χ3v) is 2.83. The summed E-state index contributed by atoms with van der Waals surface area (Å²) < 4.78 is 6.65. The maximum Gasteiger partial charge on any atom is 0.333 e. The van der Waals surface area contributed by atoms with Gasteiger partial charge in [-0.25, -0.2) is 4.79 Å². The monoisotopic (exact) mass is 343 g/mol. The van der Waals surface area contributed by atoms with Crippen LogP contribution in [-0.4, -0.2) is 89.4 Å². The van der Waals surface area contributed by atoms with E-state index in [4.69, 9.17) is 4.74 Å². The van der Waals surface area contributed by atoms with Crippen LogP contribution in [0, 0.1) is 0 Å². The molecule has 0 atom stereocenters. The van der Waals surface area contributed by atoms with Crippen molar-refractivity contribution in [3.8, 4) is 0 Å². The molecule has 0 saturated heterocycles. The molecule has 0 bridgehead atoms. The Morgan fingerprint density at radius 2 is 1.54 bits per heavy atom. The number of carbonyl (C=O) groups excluding carboxylic acids is 2. The van der Waals surface area contributed by atoms with Gasteiger partial charge in [0.25, 0.3) is 0 Å². The second-order valence-corrected chi connectivity index (χ2v) is 7.79. The minimum absolute atomic E-state index is 0.0867. The molecule has 0 heterocycles. The van der Waals surface area contributed by atoms with Crippen LogP contribution in [0.1, 0.15) is 13.3 Å². The molecular weight excluding hydrogens is 306 g/mol. The summed E-state index contributed by atoms with van der Waals surface area (Å²) in [5.74, 6) is -0.389. The minimum Gasteiger partial charge on any atom is -0.456 e. The van der Waals surface area contributed by atoms with Gasteiger partial charge in [0.05, 0.1) is 48.8 Å². The number of quaternary nitrogens is 2. The van der Waals surface area contributed by atoms with Crippen molar-refractivity contribution in [3.05, 3.63) is 24.8 Å². The molecule has 0 unspecified atom stereocenters. The van der Waals surface area contributed by atoms with Crippen molar-refractivity contribution in [1.82, 2.24) is 5.32 Å². The molecule has 0 aliphatic carbocycles. The van der Waals surface area contributed by atoms with Gasteiger partial charge in [0, 0.05) is 18.5 Å². The van der Waals surface area contributed by atoms with Gasteiger partial charge in [0.2, 0.25) is 5.91 Å². The molecule has 0 fully saturated rings. The smallest absolute Gasteiger partial charge is 0.333 e. The van der Waals surface area contributed by atoms with Crippen LogP contribution in [0.2, 0.25) is 0 Å². The van der Waals surface area contributed by atoms with Crippen LogP contribution in [0.4, 0.5) is 0 Å². The van der Waals surface area contributed by atoms with Gasteiger partial charge in [-0.3, -0.25) is 4.79 Å². The molecular formula is C18H37N3O3+2. The molecule has 1 N–H and O–H groups in total. The molecule has 6 nitrogen and oxygen atoms in total. The van der Waals surface area contributed by atoms with E-state index in [-0.39, 0.29) is 11.9 Å². The average Bonchev–Trinajstić information content (AvgIpc) is 2.41. The summed E-state index contributed by atoms with van der Waals surface area (Å²) in [6.45, 7) is 11.6. The van der Waals surface area contributed by atoms with Gasteiger partial charge in [-0.15, -0.1) is 0 Å². The first kappa shape index (κ1) is 24.6. The Kier molecular flexibility index (Phi) is 12.1. The zero-order valence-corrected chi connectivity index (χ0v) is 16.6. The second kappa shape index (κ2) is 11.8. The maximum absolute atomic E-state index is 10.9. The number of carbonyl (C=O) groups is 2. The lowest BCUT2D eigenvalue weighted by Gasteiger charge is -2.23. The number of rotatable bonds is 9. The Morgan fingerprint density at radius 3 is 1.92 bits per heavy atom. The first-order valence-corrected chi connectivity index (χ1v) is 8.12. The number of ether oxygens (including phenoxy) is 1. The fraction of sp³-hybridized carbons (Fsp3) is 0.667. The van der Waals surface area contributed by atoms with Crippen LogP contribution < -0.4 is 5.32 Å². The summed E-state index contributed by atoms with van der Waals surface area (Å²) in [4.78, 5) is 21.6. The van der Waals surface area contributed by atoms with Gasteiger partial charge in [0.15, 0.2) is 0 Å². The van der Waals surface area contributed by atoms with E-state index in [1.54, 1.807) is 6.92 Å². The van der Waals surface area contributed by atoms with Crippen LogP contribution in [0.25, 0.3) is 0 Å². The van der Waals surface area contributed by atoms with Crippen molar-refractivity contribution in [2.75, 3.05) is 68.5 Å². The Labute approximate surface area is 147 Å². The van der Waals surface area contributed by atoms with E-state index in [9.17, 15) is 9.59 Å². The lowest BCUT2D eigenvalue weighted by Crippen LogP contribution is -2.38. The van der Waals surface area contributed by atoms with Crippen molar-refractivity contribution in [1.29, 1.82) is 0 Å². The lowest BCUT2D eigenvalue weighted by atomic mass is 10.3. The van der Waals surface area contributed by atoms with E-state index in [1.807, 2.05) is 0 Å². The predicted molar refractivity (Wildman–Crippen MR) is 99.4 cm³/mol. The number of likely N-dealkylation sites (N-methyl/N-ethyl adjacent to an activating group) is 1. The number of esters is 1. The summed E-state index contributed by atoms with van der Waals surface area (Å²) in [7, 11) is 12.6. The third kappa shape index (κ3) is 20.3. The SMILES string of the molecule is C=C(C)C(=O)OCC[N+](C)(C)C.C=CC(=O)NCCC[N+](C)(C)C. The van der Waals surface area contributed by atoms with Crippen LogP contribution in [0.3, 0.4) is 0 Å². The summed E-state index contributed by atoms with van der Waals surface area (Å²) >= 11 is 0. The highest BCUT2D eigenvalue weighted by Gasteiger charge is 2.09. The van der Waals surface area contributed by atoms with E-state index in [0.717, 1.165) is 35.0 Å². The molecule has 24 heavy (non-hydrogen) atoms. The van der Waals surface area contributed by atoms with Gasteiger partial charge in [-0.05, 0) is 13.0 Å². The quantitative estimate of drug-likeness (QED) is 0.296. The van der Waals surface area contributed by atoms with Crippen LogP contribution in [0.5, 0.6) is 0 Å². The highest BCUT2D eigenvalue weighted by Crippen LogP contribution is 1.94. The molecule has 0 aliphatic heterocycles. The van der Waals surface area contributed by atoms with Gasteiger partial charge in [-0.2, -0.15) is 0 Å². The van der Waals surface area contributed by atoms with E-state index >= 15 is 0 Å². The molecule has 140 valence electrons. The van der Waals surface area contributed by atoms with Crippen LogP contribution in [-0.2, 0) is 14.3 Å². The van der Waals surface area contributed by atoms with E-state index in [1.165, 1.54) is 6.08 Å². The molecule has 6 heteroatoms. The fourth-order valence-electron chi connectivity index (χ4n) is 1.37. The van der Waals surface area contributed by atoms with Crippen molar-refractivity contribution in [2.24, 2.45) is 0 Å². The lowest BCUT2D eigenvalue weighted by molar-refractivity contribution is -0.870. The van der Waals surface area contributed by atoms with E-state index < -0.39 is 0 Å². The molecule has 0 saturated carbocycles. The Morgan fingerprint density at radius 1 is 1.04 bits per heavy atom. The van der Waals surface area contributed by atoms with Gasteiger partial charge >= 0.3 is 5.97 Å². The number of nitrogens with one attached hydrogen (secondary N) is 1. The molecule has 0 radical (unpaired) electrons. The average molecular weight is 344 g/mol. The highest BCUT2D eigenvalue weighted by atomic mass is 16.5. The first-order valence-electron chi connectivity index (χ1n) is 8.12. The number of amides is 1. The van der Waals surface area contributed by atoms with Gasteiger partial charge in [-0.1, -0.05) is 13.2 Å². The topological polar surface area (TPSA) is 55.4 Å². The second-order valence-electron chi connectivity index (χ2n) is 7.79. The maximum atomic E-state index is 10.9. The van der Waals surface area contributed by atoms with Crippen LogP contribution in [0.15, 0.2) is 24.8 Å². The van der Waals surface area contributed by atoms with Crippen molar-refractivity contribution in [3.63, 3.8) is 0 Å². The standard InChI is InChI=1S/C9H18N2O.C9H18NO2/c1-5-9(12)10-7-6-8-11(2,3)4;1-8(2)9(11)12-7-6-10(3,4)5/h5H,1,6-8H2,2-4H3;1,6-7H2,2-5H3/q;+1/p+1. The molecule has 0 aromatic rings. The molecule has 0 aliphatic rings. The van der Waals surface area contributed by atoms with Crippen molar-refractivity contribution in [2.45, 2.75) is 13.3 Å². The van der Waals surface area contributed by atoms with E-state index in [0.29, 0.717) is 12.2 Å². The minimum atomic E-state index is -0.302. The molecule has 0 aromatic carbocycles. The zero-order chi connectivity index (χ0) is 19.4. The first-order chi connectivity index (χ1) is 10.8. The summed E-state index contributed by atoms with van der Waals surface area (Å²) in [5, 5.41) is 2.74. The number of hydrogen-bond acceptors (Lipinski definition) is 3. The predicted octanol–water partition coefficient (Wildman–Crippen LogP) is 1.20. The number of nitrogens with zero attached hydrogens (tertiary/aromatic N) is 2.